The SMILES string of the molecule is CCCNC(C1=CCCCC1)C(C)(CC)N(CC)CC. The van der Waals surface area contributed by atoms with Gasteiger partial charge >= 0.3 is 0 Å². The molecule has 1 aliphatic carbocycles. The number of nitrogens with zero attached hydrogens (tertiary/aromatic N) is 1. The van der Waals surface area contributed by atoms with E-state index in [0.717, 1.165) is 19.6 Å². The smallest absolute Gasteiger partial charge is 0.0463 e. The lowest BCUT2D eigenvalue weighted by Gasteiger charge is -2.47. The van der Waals surface area contributed by atoms with Gasteiger partial charge < -0.3 is 5.32 Å². The van der Waals surface area contributed by atoms with E-state index in [1.54, 1.807) is 5.57 Å². The number of nitrogens with one attached hydrogen (secondary N) is 1. The molecule has 2 unspecified atom stereocenters. The van der Waals surface area contributed by atoms with Crippen molar-refractivity contribution in [2.24, 2.45) is 0 Å². The van der Waals surface area contributed by atoms with E-state index in [0.29, 0.717) is 6.04 Å². The topological polar surface area (TPSA) is 15.3 Å². The van der Waals surface area contributed by atoms with Crippen LogP contribution in [0.4, 0.5) is 0 Å². The average Bonchev–Trinajstić information content (AvgIpc) is 2.49. The molecule has 0 bridgehead atoms. The Labute approximate surface area is 127 Å². The quantitative estimate of drug-likeness (QED) is 0.631. The van der Waals surface area contributed by atoms with E-state index < -0.39 is 0 Å². The van der Waals surface area contributed by atoms with Gasteiger partial charge in [0.2, 0.25) is 0 Å². The first kappa shape index (κ1) is 17.7. The Morgan fingerprint density at radius 3 is 2.35 bits per heavy atom. The molecule has 1 rings (SSSR count). The van der Waals surface area contributed by atoms with E-state index in [9.17, 15) is 0 Å². The van der Waals surface area contributed by atoms with Crippen molar-refractivity contribution in [2.45, 2.75) is 84.7 Å². The molecule has 0 radical (unpaired) electrons. The molecule has 0 saturated heterocycles. The number of likely N-dealkylation sites (N-methyl/N-ethyl adjacent to an activating group) is 1. The minimum atomic E-state index is 0.238. The zero-order chi connectivity index (χ0) is 15.0. The fraction of sp³-hybridized carbons (Fsp3) is 0.889. The van der Waals surface area contributed by atoms with Crippen molar-refractivity contribution in [1.29, 1.82) is 0 Å². The van der Waals surface area contributed by atoms with Crippen molar-refractivity contribution in [3.63, 3.8) is 0 Å². The van der Waals surface area contributed by atoms with Gasteiger partial charge in [-0.1, -0.05) is 39.3 Å². The van der Waals surface area contributed by atoms with E-state index in [-0.39, 0.29) is 5.54 Å². The fourth-order valence-electron chi connectivity index (χ4n) is 3.72. The van der Waals surface area contributed by atoms with Crippen LogP contribution < -0.4 is 5.32 Å². The first-order valence-electron chi connectivity index (χ1n) is 8.81. The van der Waals surface area contributed by atoms with Crippen LogP contribution in [-0.2, 0) is 0 Å². The average molecular weight is 280 g/mol. The van der Waals surface area contributed by atoms with Gasteiger partial charge in [0.05, 0.1) is 0 Å². The number of rotatable bonds is 9. The molecule has 0 aromatic heterocycles. The third-order valence-corrected chi connectivity index (χ3v) is 5.12. The van der Waals surface area contributed by atoms with Crippen molar-refractivity contribution in [1.82, 2.24) is 10.2 Å². The van der Waals surface area contributed by atoms with Crippen molar-refractivity contribution >= 4 is 0 Å². The molecular formula is C18H36N2. The lowest BCUT2D eigenvalue weighted by Crippen LogP contribution is -2.60. The molecule has 2 heteroatoms. The third kappa shape index (κ3) is 4.08. The molecule has 0 fully saturated rings. The lowest BCUT2D eigenvalue weighted by atomic mass is 9.79. The van der Waals surface area contributed by atoms with E-state index >= 15 is 0 Å². The van der Waals surface area contributed by atoms with Gasteiger partial charge in [0.25, 0.3) is 0 Å². The van der Waals surface area contributed by atoms with Crippen LogP contribution >= 0.6 is 0 Å². The second kappa shape index (κ2) is 8.84. The molecule has 0 aromatic rings. The highest BCUT2D eigenvalue weighted by molar-refractivity contribution is 5.20. The van der Waals surface area contributed by atoms with Gasteiger partial charge in [-0.25, -0.2) is 0 Å². The Kier molecular flexibility index (Phi) is 7.83. The van der Waals surface area contributed by atoms with Gasteiger partial charge in [-0.15, -0.1) is 0 Å². The summed E-state index contributed by atoms with van der Waals surface area (Å²) in [4.78, 5) is 2.65. The van der Waals surface area contributed by atoms with Gasteiger partial charge in [0.1, 0.15) is 0 Å². The molecule has 2 nitrogen and oxygen atoms in total. The minimum Gasteiger partial charge on any atom is -0.309 e. The Morgan fingerprint density at radius 1 is 1.20 bits per heavy atom. The first-order valence-corrected chi connectivity index (χ1v) is 8.81. The van der Waals surface area contributed by atoms with Gasteiger partial charge in [0, 0.05) is 11.6 Å². The summed E-state index contributed by atoms with van der Waals surface area (Å²) in [7, 11) is 0. The summed E-state index contributed by atoms with van der Waals surface area (Å²) in [6.45, 7) is 15.1. The predicted octanol–water partition coefficient (Wildman–Crippen LogP) is 4.37. The molecule has 0 aliphatic heterocycles. The monoisotopic (exact) mass is 280 g/mol. The number of allylic oxidation sites excluding steroid dienone is 1. The van der Waals surface area contributed by atoms with Crippen LogP contribution in [0, 0.1) is 0 Å². The Bertz CT molecular complexity index is 294. The standard InChI is InChI=1S/C18H36N2/c1-6-15-19-17(16-13-11-10-12-14-16)18(5,7-2)20(8-3)9-4/h13,17,19H,6-12,14-15H2,1-5H3. The fourth-order valence-corrected chi connectivity index (χ4v) is 3.72. The van der Waals surface area contributed by atoms with E-state index in [4.69, 9.17) is 0 Å². The molecule has 1 N–H and O–H groups in total. The zero-order valence-electron chi connectivity index (χ0n) is 14.5. The Balaban J connectivity index is 3.01. The largest absolute Gasteiger partial charge is 0.309 e. The minimum absolute atomic E-state index is 0.238. The van der Waals surface area contributed by atoms with Crippen molar-refractivity contribution in [3.8, 4) is 0 Å². The molecule has 0 amide bonds. The van der Waals surface area contributed by atoms with Gasteiger partial charge in [0.15, 0.2) is 0 Å². The molecule has 2 atom stereocenters. The second-order valence-electron chi connectivity index (χ2n) is 6.29. The summed E-state index contributed by atoms with van der Waals surface area (Å²) in [5.74, 6) is 0. The van der Waals surface area contributed by atoms with Gasteiger partial charge in [-0.05, 0) is 65.1 Å². The highest BCUT2D eigenvalue weighted by atomic mass is 15.2. The Morgan fingerprint density at radius 2 is 1.90 bits per heavy atom. The molecule has 0 saturated carbocycles. The lowest BCUT2D eigenvalue weighted by molar-refractivity contribution is 0.0808. The molecule has 20 heavy (non-hydrogen) atoms. The normalized spacial score (nSPS) is 20.6. The van der Waals surface area contributed by atoms with E-state index in [1.165, 1.54) is 38.5 Å². The zero-order valence-corrected chi connectivity index (χ0v) is 14.5. The maximum atomic E-state index is 3.87. The predicted molar refractivity (Wildman–Crippen MR) is 90.2 cm³/mol. The maximum absolute atomic E-state index is 3.87. The molecular weight excluding hydrogens is 244 g/mol. The van der Waals surface area contributed by atoms with Crippen LogP contribution in [0.5, 0.6) is 0 Å². The number of hydrogen-bond donors (Lipinski definition) is 1. The van der Waals surface area contributed by atoms with Crippen LogP contribution in [0.3, 0.4) is 0 Å². The van der Waals surface area contributed by atoms with Crippen LogP contribution in [0.2, 0.25) is 0 Å². The summed E-state index contributed by atoms with van der Waals surface area (Å²) < 4.78 is 0. The van der Waals surface area contributed by atoms with E-state index in [1.807, 2.05) is 0 Å². The van der Waals surface area contributed by atoms with Crippen LogP contribution in [0.25, 0.3) is 0 Å². The summed E-state index contributed by atoms with van der Waals surface area (Å²) in [6, 6.07) is 0.521. The highest BCUT2D eigenvalue weighted by Gasteiger charge is 2.38. The van der Waals surface area contributed by atoms with Crippen LogP contribution in [0.1, 0.15) is 73.1 Å². The first-order chi connectivity index (χ1) is 9.63. The second-order valence-corrected chi connectivity index (χ2v) is 6.29. The summed E-state index contributed by atoms with van der Waals surface area (Å²) >= 11 is 0. The summed E-state index contributed by atoms with van der Waals surface area (Å²) in [5.41, 5.74) is 1.91. The van der Waals surface area contributed by atoms with E-state index in [2.05, 4.69) is 50.9 Å². The summed E-state index contributed by atoms with van der Waals surface area (Å²) in [6.07, 6.45) is 10.2. The number of hydrogen-bond acceptors (Lipinski definition) is 2. The molecule has 1 aliphatic rings. The summed E-state index contributed by atoms with van der Waals surface area (Å²) in [5, 5.41) is 3.87. The van der Waals surface area contributed by atoms with Crippen molar-refractivity contribution in [2.75, 3.05) is 19.6 Å². The maximum Gasteiger partial charge on any atom is 0.0463 e. The van der Waals surface area contributed by atoms with Crippen molar-refractivity contribution in [3.05, 3.63) is 11.6 Å². The van der Waals surface area contributed by atoms with Crippen molar-refractivity contribution < 1.29 is 0 Å². The van der Waals surface area contributed by atoms with Crippen LogP contribution in [-0.4, -0.2) is 36.1 Å². The Hall–Kier alpha value is -0.340. The third-order valence-electron chi connectivity index (χ3n) is 5.12. The molecule has 0 heterocycles. The van der Waals surface area contributed by atoms with Crippen LogP contribution in [0.15, 0.2) is 11.6 Å². The van der Waals surface area contributed by atoms with Gasteiger partial charge in [-0.3, -0.25) is 4.90 Å². The highest BCUT2D eigenvalue weighted by Crippen LogP contribution is 2.32. The van der Waals surface area contributed by atoms with Gasteiger partial charge in [-0.2, -0.15) is 0 Å². The molecule has 118 valence electrons. The molecule has 0 spiro atoms. The molecule has 0 aromatic carbocycles.